The lowest BCUT2D eigenvalue weighted by Gasteiger charge is -2.18. The third-order valence-corrected chi connectivity index (χ3v) is 3.59. The molecule has 1 saturated carbocycles. The first-order chi connectivity index (χ1) is 8.08. The van der Waals surface area contributed by atoms with Gasteiger partial charge >= 0.3 is 0 Å². The van der Waals surface area contributed by atoms with E-state index in [2.05, 4.69) is 12.2 Å². The number of nitrogens with zero attached hydrogens (tertiary/aromatic N) is 1. The van der Waals surface area contributed by atoms with Gasteiger partial charge in [0.05, 0.1) is 4.92 Å². The second-order valence-corrected chi connectivity index (χ2v) is 5.01. The van der Waals surface area contributed by atoms with E-state index in [9.17, 15) is 10.1 Å². The number of rotatable bonds is 3. The summed E-state index contributed by atoms with van der Waals surface area (Å²) in [4.78, 5) is 10.5. The Balaban J connectivity index is 2.24. The summed E-state index contributed by atoms with van der Waals surface area (Å²) in [6.07, 6.45) is 3.41. The van der Waals surface area contributed by atoms with Crippen LogP contribution in [0.3, 0.4) is 0 Å². The van der Waals surface area contributed by atoms with Crippen LogP contribution in [0.5, 0.6) is 0 Å². The highest BCUT2D eigenvalue weighted by Gasteiger charge is 2.25. The fraction of sp³-hybridized carbons (Fsp3) is 0.500. The molecule has 0 spiro atoms. The first-order valence-corrected chi connectivity index (χ1v) is 6.16. The molecule has 0 radical (unpaired) electrons. The van der Waals surface area contributed by atoms with Crippen LogP contribution in [0.2, 0.25) is 5.02 Å². The minimum atomic E-state index is -0.377. The predicted molar refractivity (Wildman–Crippen MR) is 68.5 cm³/mol. The van der Waals surface area contributed by atoms with Crippen LogP contribution in [0.1, 0.15) is 26.2 Å². The molecule has 0 saturated heterocycles. The Morgan fingerprint density at radius 2 is 2.24 bits per heavy atom. The van der Waals surface area contributed by atoms with Crippen LogP contribution < -0.4 is 5.32 Å². The van der Waals surface area contributed by atoms with Crippen LogP contribution in [0.25, 0.3) is 0 Å². The summed E-state index contributed by atoms with van der Waals surface area (Å²) in [5.41, 5.74) is 0.620. The van der Waals surface area contributed by atoms with E-state index in [0.29, 0.717) is 22.7 Å². The first-order valence-electron chi connectivity index (χ1n) is 5.78. The maximum atomic E-state index is 10.9. The standard InChI is InChI=1S/C12H15ClN2O2/c1-8-3-2-4-10(8)14-11-7-9(13)5-6-12(11)15(16)17/h5-8,10,14H,2-4H2,1H3. The lowest BCUT2D eigenvalue weighted by Crippen LogP contribution is -2.22. The molecule has 1 fully saturated rings. The number of nitro groups is 1. The monoisotopic (exact) mass is 254 g/mol. The molecule has 4 nitrogen and oxygen atoms in total. The van der Waals surface area contributed by atoms with Gasteiger partial charge in [0.25, 0.3) is 5.69 Å². The summed E-state index contributed by atoms with van der Waals surface area (Å²) in [5, 5.41) is 14.7. The van der Waals surface area contributed by atoms with E-state index in [0.717, 1.165) is 6.42 Å². The average molecular weight is 255 g/mol. The van der Waals surface area contributed by atoms with Gasteiger partial charge in [-0.15, -0.1) is 0 Å². The third kappa shape index (κ3) is 2.69. The second-order valence-electron chi connectivity index (χ2n) is 4.58. The molecule has 0 amide bonds. The van der Waals surface area contributed by atoms with Crippen molar-refractivity contribution < 1.29 is 4.92 Å². The molecule has 1 aromatic rings. The number of nitrogens with one attached hydrogen (secondary N) is 1. The minimum absolute atomic E-state index is 0.0912. The molecule has 2 unspecified atom stereocenters. The van der Waals surface area contributed by atoms with Crippen molar-refractivity contribution in [3.05, 3.63) is 33.3 Å². The van der Waals surface area contributed by atoms with Gasteiger partial charge in [0.1, 0.15) is 5.69 Å². The Hall–Kier alpha value is -1.29. The van der Waals surface area contributed by atoms with Gasteiger partial charge in [-0.1, -0.05) is 24.9 Å². The zero-order valence-corrected chi connectivity index (χ0v) is 10.4. The van der Waals surface area contributed by atoms with Gasteiger partial charge in [0.15, 0.2) is 0 Å². The molecule has 0 aliphatic heterocycles. The zero-order valence-electron chi connectivity index (χ0n) is 9.65. The minimum Gasteiger partial charge on any atom is -0.376 e. The van der Waals surface area contributed by atoms with E-state index in [-0.39, 0.29) is 10.6 Å². The van der Waals surface area contributed by atoms with Gasteiger partial charge in [0, 0.05) is 17.1 Å². The summed E-state index contributed by atoms with van der Waals surface area (Å²) in [5.74, 6) is 0.550. The maximum Gasteiger partial charge on any atom is 0.292 e. The van der Waals surface area contributed by atoms with Gasteiger partial charge in [-0.3, -0.25) is 10.1 Å². The van der Waals surface area contributed by atoms with Crippen LogP contribution in [0, 0.1) is 16.0 Å². The Bertz CT molecular complexity index is 437. The van der Waals surface area contributed by atoms with Crippen molar-refractivity contribution in [3.63, 3.8) is 0 Å². The van der Waals surface area contributed by atoms with Gasteiger partial charge in [-0.2, -0.15) is 0 Å². The molecule has 0 bridgehead atoms. The normalized spacial score (nSPS) is 23.6. The summed E-state index contributed by atoms with van der Waals surface area (Å²) in [7, 11) is 0. The summed E-state index contributed by atoms with van der Waals surface area (Å²) < 4.78 is 0. The van der Waals surface area contributed by atoms with E-state index in [1.54, 1.807) is 12.1 Å². The van der Waals surface area contributed by atoms with Crippen molar-refractivity contribution in [1.82, 2.24) is 0 Å². The number of benzene rings is 1. The van der Waals surface area contributed by atoms with E-state index < -0.39 is 0 Å². The van der Waals surface area contributed by atoms with Gasteiger partial charge < -0.3 is 5.32 Å². The van der Waals surface area contributed by atoms with Crippen molar-refractivity contribution >= 4 is 23.0 Å². The lowest BCUT2D eigenvalue weighted by molar-refractivity contribution is -0.384. The smallest absolute Gasteiger partial charge is 0.292 e. The van der Waals surface area contributed by atoms with E-state index in [1.165, 1.54) is 18.9 Å². The predicted octanol–water partition coefficient (Wildman–Crippen LogP) is 3.85. The van der Waals surface area contributed by atoms with Gasteiger partial charge in [0.2, 0.25) is 0 Å². The van der Waals surface area contributed by atoms with Gasteiger partial charge in [-0.05, 0) is 30.9 Å². The van der Waals surface area contributed by atoms with Crippen molar-refractivity contribution in [2.24, 2.45) is 5.92 Å². The Labute approximate surface area is 105 Å². The Morgan fingerprint density at radius 1 is 1.47 bits per heavy atom. The lowest BCUT2D eigenvalue weighted by atomic mass is 10.1. The van der Waals surface area contributed by atoms with Gasteiger partial charge in [-0.25, -0.2) is 0 Å². The topological polar surface area (TPSA) is 55.2 Å². The van der Waals surface area contributed by atoms with Crippen LogP contribution in [-0.4, -0.2) is 11.0 Å². The van der Waals surface area contributed by atoms with Crippen LogP contribution in [0.15, 0.2) is 18.2 Å². The van der Waals surface area contributed by atoms with E-state index in [1.807, 2.05) is 0 Å². The molecule has 0 aromatic heterocycles. The number of hydrogen-bond donors (Lipinski definition) is 1. The largest absolute Gasteiger partial charge is 0.376 e. The maximum absolute atomic E-state index is 10.9. The first kappa shape index (κ1) is 12.2. The van der Waals surface area contributed by atoms with Crippen molar-refractivity contribution in [3.8, 4) is 0 Å². The average Bonchev–Trinajstić information content (AvgIpc) is 2.64. The van der Waals surface area contributed by atoms with Crippen LogP contribution in [-0.2, 0) is 0 Å². The molecule has 1 N–H and O–H groups in total. The summed E-state index contributed by atoms with van der Waals surface area (Å²) >= 11 is 5.88. The molecule has 1 aliphatic rings. The van der Waals surface area contributed by atoms with Crippen LogP contribution in [0.4, 0.5) is 11.4 Å². The highest BCUT2D eigenvalue weighted by atomic mass is 35.5. The van der Waals surface area contributed by atoms with Crippen LogP contribution >= 0.6 is 11.6 Å². The molecule has 17 heavy (non-hydrogen) atoms. The third-order valence-electron chi connectivity index (χ3n) is 3.36. The molecule has 1 aliphatic carbocycles. The molecule has 5 heteroatoms. The zero-order chi connectivity index (χ0) is 12.4. The molecule has 2 atom stereocenters. The number of anilines is 1. The molecule has 1 aromatic carbocycles. The fourth-order valence-electron chi connectivity index (χ4n) is 2.34. The summed E-state index contributed by atoms with van der Waals surface area (Å²) in [6.45, 7) is 2.17. The SMILES string of the molecule is CC1CCCC1Nc1cc(Cl)ccc1[N+](=O)[O-]. The highest BCUT2D eigenvalue weighted by molar-refractivity contribution is 6.31. The second kappa shape index (κ2) is 4.92. The number of nitro benzene ring substituents is 1. The van der Waals surface area contributed by atoms with E-state index >= 15 is 0 Å². The molecular weight excluding hydrogens is 240 g/mol. The van der Waals surface area contributed by atoms with Crippen molar-refractivity contribution in [2.45, 2.75) is 32.2 Å². The molecule has 2 rings (SSSR count). The van der Waals surface area contributed by atoms with E-state index in [4.69, 9.17) is 11.6 Å². The molecule has 0 heterocycles. The molecule has 92 valence electrons. The Kier molecular flexibility index (Phi) is 3.52. The summed E-state index contributed by atoms with van der Waals surface area (Å²) in [6, 6.07) is 4.94. The number of hydrogen-bond acceptors (Lipinski definition) is 3. The Morgan fingerprint density at radius 3 is 2.82 bits per heavy atom. The van der Waals surface area contributed by atoms with Crippen molar-refractivity contribution in [1.29, 1.82) is 0 Å². The number of halogens is 1. The highest BCUT2D eigenvalue weighted by Crippen LogP contribution is 2.33. The van der Waals surface area contributed by atoms with Crippen molar-refractivity contribution in [2.75, 3.05) is 5.32 Å². The fourth-order valence-corrected chi connectivity index (χ4v) is 2.51. The molecular formula is C12H15ClN2O2. The quantitative estimate of drug-likeness (QED) is 0.658.